The van der Waals surface area contributed by atoms with E-state index < -0.39 is 0 Å². The van der Waals surface area contributed by atoms with Gasteiger partial charge in [0.1, 0.15) is 0 Å². The highest BCUT2D eigenvalue weighted by atomic mass is 16.1. The van der Waals surface area contributed by atoms with Crippen molar-refractivity contribution < 1.29 is 0 Å². The second kappa shape index (κ2) is 4.82. The van der Waals surface area contributed by atoms with Crippen molar-refractivity contribution in [1.29, 1.82) is 0 Å². The second-order valence-corrected chi connectivity index (χ2v) is 3.09. The van der Waals surface area contributed by atoms with Crippen LogP contribution in [0.25, 0.3) is 0 Å². The minimum atomic E-state index is 0.0814. The molecule has 1 N–H and O–H groups in total. The van der Waals surface area contributed by atoms with Gasteiger partial charge in [-0.15, -0.1) is 0 Å². The zero-order valence-corrected chi connectivity index (χ0v) is 8.21. The first kappa shape index (κ1) is 9.99. The summed E-state index contributed by atoms with van der Waals surface area (Å²) in [7, 11) is 0. The standard InChI is InChI=1S/C10H16N2O/c1-3-11-5-7-12-6-4-9(2)8-10(12)13/h4,6,8,11H,3,5,7H2,1-2H3. The number of hydrogen-bond acceptors (Lipinski definition) is 2. The molecule has 0 aliphatic heterocycles. The fourth-order valence-electron chi connectivity index (χ4n) is 1.17. The molecule has 0 aliphatic rings. The fourth-order valence-corrected chi connectivity index (χ4v) is 1.17. The lowest BCUT2D eigenvalue weighted by Crippen LogP contribution is -2.26. The van der Waals surface area contributed by atoms with E-state index in [1.54, 1.807) is 10.6 Å². The molecule has 72 valence electrons. The van der Waals surface area contributed by atoms with Gasteiger partial charge in [-0.05, 0) is 25.1 Å². The lowest BCUT2D eigenvalue weighted by molar-refractivity contribution is 0.598. The van der Waals surface area contributed by atoms with Gasteiger partial charge in [0, 0.05) is 25.4 Å². The minimum Gasteiger partial charge on any atom is -0.315 e. The van der Waals surface area contributed by atoms with Gasteiger partial charge in [-0.25, -0.2) is 0 Å². The number of aromatic nitrogens is 1. The van der Waals surface area contributed by atoms with Crippen LogP contribution in [0.4, 0.5) is 0 Å². The van der Waals surface area contributed by atoms with Gasteiger partial charge in [-0.1, -0.05) is 6.92 Å². The molecule has 0 spiro atoms. The predicted octanol–water partition coefficient (Wildman–Crippen LogP) is 0.766. The zero-order valence-electron chi connectivity index (χ0n) is 8.21. The zero-order chi connectivity index (χ0) is 9.68. The Bertz CT molecular complexity index is 317. The topological polar surface area (TPSA) is 34.0 Å². The van der Waals surface area contributed by atoms with Crippen LogP contribution in [0.5, 0.6) is 0 Å². The summed E-state index contributed by atoms with van der Waals surface area (Å²) in [5.74, 6) is 0. The third-order valence-electron chi connectivity index (χ3n) is 1.93. The van der Waals surface area contributed by atoms with Gasteiger partial charge in [0.05, 0.1) is 0 Å². The summed E-state index contributed by atoms with van der Waals surface area (Å²) in [6.45, 7) is 6.51. The summed E-state index contributed by atoms with van der Waals surface area (Å²) in [4.78, 5) is 11.4. The summed E-state index contributed by atoms with van der Waals surface area (Å²) >= 11 is 0. The molecule has 0 radical (unpaired) electrons. The molecular formula is C10H16N2O. The molecule has 0 saturated heterocycles. The maximum absolute atomic E-state index is 11.4. The van der Waals surface area contributed by atoms with Crippen LogP contribution in [-0.2, 0) is 6.54 Å². The van der Waals surface area contributed by atoms with Crippen LogP contribution in [0.3, 0.4) is 0 Å². The number of nitrogens with zero attached hydrogens (tertiary/aromatic N) is 1. The molecule has 13 heavy (non-hydrogen) atoms. The van der Waals surface area contributed by atoms with E-state index in [1.165, 1.54) is 0 Å². The van der Waals surface area contributed by atoms with Crippen LogP contribution in [0.1, 0.15) is 12.5 Å². The molecule has 0 aromatic carbocycles. The number of rotatable bonds is 4. The Morgan fingerprint density at radius 1 is 1.54 bits per heavy atom. The normalized spacial score (nSPS) is 10.3. The molecule has 3 heteroatoms. The van der Waals surface area contributed by atoms with Crippen LogP contribution in [0.2, 0.25) is 0 Å². The average molecular weight is 180 g/mol. The summed E-state index contributed by atoms with van der Waals surface area (Å²) in [6, 6.07) is 3.61. The van der Waals surface area contributed by atoms with Gasteiger partial charge in [-0.2, -0.15) is 0 Å². The van der Waals surface area contributed by atoms with Crippen molar-refractivity contribution in [3.05, 3.63) is 34.2 Å². The van der Waals surface area contributed by atoms with Gasteiger partial charge in [0.2, 0.25) is 0 Å². The lowest BCUT2D eigenvalue weighted by atomic mass is 10.3. The summed E-state index contributed by atoms with van der Waals surface area (Å²) in [6.07, 6.45) is 1.84. The Morgan fingerprint density at radius 2 is 2.31 bits per heavy atom. The fraction of sp³-hybridized carbons (Fsp3) is 0.500. The molecule has 0 unspecified atom stereocenters. The smallest absolute Gasteiger partial charge is 0.250 e. The lowest BCUT2D eigenvalue weighted by Gasteiger charge is -2.05. The van der Waals surface area contributed by atoms with Crippen molar-refractivity contribution in [1.82, 2.24) is 9.88 Å². The van der Waals surface area contributed by atoms with Crippen molar-refractivity contribution in [2.75, 3.05) is 13.1 Å². The minimum absolute atomic E-state index is 0.0814. The van der Waals surface area contributed by atoms with Crippen molar-refractivity contribution in [2.24, 2.45) is 0 Å². The van der Waals surface area contributed by atoms with E-state index in [1.807, 2.05) is 19.2 Å². The molecular weight excluding hydrogens is 164 g/mol. The number of pyridine rings is 1. The largest absolute Gasteiger partial charge is 0.315 e. The Hall–Kier alpha value is -1.09. The van der Waals surface area contributed by atoms with E-state index in [4.69, 9.17) is 0 Å². The van der Waals surface area contributed by atoms with Crippen LogP contribution < -0.4 is 10.9 Å². The van der Waals surface area contributed by atoms with Crippen LogP contribution in [-0.4, -0.2) is 17.7 Å². The van der Waals surface area contributed by atoms with Gasteiger partial charge in [-0.3, -0.25) is 4.79 Å². The van der Waals surface area contributed by atoms with Crippen LogP contribution in [0, 0.1) is 6.92 Å². The first-order valence-corrected chi connectivity index (χ1v) is 4.62. The maximum Gasteiger partial charge on any atom is 0.250 e. The van der Waals surface area contributed by atoms with E-state index in [2.05, 4.69) is 12.2 Å². The average Bonchev–Trinajstić information content (AvgIpc) is 2.09. The van der Waals surface area contributed by atoms with Crippen molar-refractivity contribution in [3.8, 4) is 0 Å². The highest BCUT2D eigenvalue weighted by molar-refractivity contribution is 5.07. The summed E-state index contributed by atoms with van der Waals surface area (Å²) in [5, 5.41) is 3.18. The molecule has 3 nitrogen and oxygen atoms in total. The SMILES string of the molecule is CCNCCn1ccc(C)cc1=O. The highest BCUT2D eigenvalue weighted by Gasteiger charge is 1.94. The third-order valence-corrected chi connectivity index (χ3v) is 1.93. The molecule has 0 bridgehead atoms. The molecule has 0 fully saturated rings. The molecule has 0 saturated carbocycles. The molecule has 1 aromatic rings. The summed E-state index contributed by atoms with van der Waals surface area (Å²) < 4.78 is 1.72. The molecule has 1 heterocycles. The van der Waals surface area contributed by atoms with Crippen molar-refractivity contribution >= 4 is 0 Å². The molecule has 1 rings (SSSR count). The number of likely N-dealkylation sites (N-methyl/N-ethyl adjacent to an activating group) is 1. The van der Waals surface area contributed by atoms with E-state index in [0.29, 0.717) is 0 Å². The Balaban J connectivity index is 2.62. The molecule has 0 amide bonds. The van der Waals surface area contributed by atoms with E-state index in [0.717, 1.165) is 25.2 Å². The third kappa shape index (κ3) is 3.03. The molecule has 0 aliphatic carbocycles. The number of hydrogen-bond donors (Lipinski definition) is 1. The predicted molar refractivity (Wildman–Crippen MR) is 54.0 cm³/mol. The first-order valence-electron chi connectivity index (χ1n) is 4.62. The Labute approximate surface area is 78.4 Å². The number of aryl methyl sites for hydroxylation is 1. The second-order valence-electron chi connectivity index (χ2n) is 3.09. The monoisotopic (exact) mass is 180 g/mol. The van der Waals surface area contributed by atoms with E-state index >= 15 is 0 Å². The van der Waals surface area contributed by atoms with Gasteiger partial charge < -0.3 is 9.88 Å². The Kier molecular flexibility index (Phi) is 3.71. The van der Waals surface area contributed by atoms with Crippen molar-refractivity contribution in [2.45, 2.75) is 20.4 Å². The quantitative estimate of drug-likeness (QED) is 0.694. The molecule has 1 aromatic heterocycles. The van der Waals surface area contributed by atoms with Crippen LogP contribution >= 0.6 is 0 Å². The van der Waals surface area contributed by atoms with Gasteiger partial charge in [0.15, 0.2) is 0 Å². The van der Waals surface area contributed by atoms with Crippen LogP contribution in [0.15, 0.2) is 23.1 Å². The Morgan fingerprint density at radius 3 is 2.92 bits per heavy atom. The number of nitrogens with one attached hydrogen (secondary N) is 1. The van der Waals surface area contributed by atoms with Crippen molar-refractivity contribution in [3.63, 3.8) is 0 Å². The maximum atomic E-state index is 11.4. The summed E-state index contributed by atoms with van der Waals surface area (Å²) in [5.41, 5.74) is 1.10. The van der Waals surface area contributed by atoms with Gasteiger partial charge in [0.25, 0.3) is 5.56 Å². The highest BCUT2D eigenvalue weighted by Crippen LogP contribution is 1.89. The molecule has 0 atom stereocenters. The first-order chi connectivity index (χ1) is 6.24. The van der Waals surface area contributed by atoms with E-state index in [-0.39, 0.29) is 5.56 Å². The van der Waals surface area contributed by atoms with E-state index in [9.17, 15) is 4.79 Å². The van der Waals surface area contributed by atoms with Gasteiger partial charge >= 0.3 is 0 Å².